The summed E-state index contributed by atoms with van der Waals surface area (Å²) in [7, 11) is 0. The number of carbonyl (C=O) groups excluding carboxylic acids is 1. The molecule has 0 radical (unpaired) electrons. The number of hydrogen-bond acceptors (Lipinski definition) is 3. The quantitative estimate of drug-likeness (QED) is 0.754. The molecule has 0 bridgehead atoms. The summed E-state index contributed by atoms with van der Waals surface area (Å²) in [6, 6.07) is 18.2. The fourth-order valence-corrected chi connectivity index (χ4v) is 3.41. The minimum absolute atomic E-state index is 0. The van der Waals surface area contributed by atoms with Crippen molar-refractivity contribution in [2.75, 3.05) is 18.5 Å². The SMILES string of the molecule is Cl.NC(C(=O)Nc1ccc(CCCc2ccccc2)cc1)C1CCOCC1. The molecule has 1 atom stereocenters. The molecule has 0 spiro atoms. The fraction of sp³-hybridized carbons (Fsp3) is 0.409. The van der Waals surface area contributed by atoms with Crippen molar-refractivity contribution >= 4 is 24.0 Å². The van der Waals surface area contributed by atoms with Crippen molar-refractivity contribution in [3.8, 4) is 0 Å². The number of benzene rings is 2. The molecule has 2 aromatic rings. The number of carbonyl (C=O) groups is 1. The van der Waals surface area contributed by atoms with Crippen molar-refractivity contribution in [2.45, 2.75) is 38.1 Å². The maximum atomic E-state index is 12.3. The summed E-state index contributed by atoms with van der Waals surface area (Å²) >= 11 is 0. The minimum atomic E-state index is -0.468. The number of nitrogens with two attached hydrogens (primary N) is 1. The van der Waals surface area contributed by atoms with Crippen LogP contribution < -0.4 is 11.1 Å². The first-order valence-electron chi connectivity index (χ1n) is 9.49. The molecule has 1 amide bonds. The Morgan fingerprint density at radius 2 is 1.59 bits per heavy atom. The molecule has 1 unspecified atom stereocenters. The number of ether oxygens (including phenoxy) is 1. The normalized spacial score (nSPS) is 15.6. The highest BCUT2D eigenvalue weighted by atomic mass is 35.5. The predicted octanol–water partition coefficient (Wildman–Crippen LogP) is 3.98. The molecule has 0 saturated carbocycles. The van der Waals surface area contributed by atoms with E-state index in [1.54, 1.807) is 0 Å². The van der Waals surface area contributed by atoms with Gasteiger partial charge in [0.1, 0.15) is 0 Å². The average molecular weight is 389 g/mol. The first-order valence-corrected chi connectivity index (χ1v) is 9.49. The van der Waals surface area contributed by atoms with Gasteiger partial charge in [-0.05, 0) is 61.3 Å². The summed E-state index contributed by atoms with van der Waals surface area (Å²) in [4.78, 5) is 12.3. The van der Waals surface area contributed by atoms with Crippen molar-refractivity contribution in [1.82, 2.24) is 0 Å². The van der Waals surface area contributed by atoms with Gasteiger partial charge in [-0.3, -0.25) is 4.79 Å². The zero-order valence-corrected chi connectivity index (χ0v) is 16.4. The summed E-state index contributed by atoms with van der Waals surface area (Å²) in [5, 5.41) is 2.94. The molecule has 1 aliphatic rings. The van der Waals surface area contributed by atoms with Gasteiger partial charge in [0, 0.05) is 18.9 Å². The molecule has 27 heavy (non-hydrogen) atoms. The van der Waals surface area contributed by atoms with Crippen LogP contribution >= 0.6 is 12.4 Å². The molecule has 3 N–H and O–H groups in total. The lowest BCUT2D eigenvalue weighted by Crippen LogP contribution is -2.43. The van der Waals surface area contributed by atoms with E-state index in [1.807, 2.05) is 18.2 Å². The average Bonchev–Trinajstić information content (AvgIpc) is 2.70. The van der Waals surface area contributed by atoms with Gasteiger partial charge in [-0.2, -0.15) is 0 Å². The van der Waals surface area contributed by atoms with Crippen molar-refractivity contribution < 1.29 is 9.53 Å². The number of nitrogens with one attached hydrogen (secondary N) is 1. The van der Waals surface area contributed by atoms with E-state index in [0.717, 1.165) is 37.8 Å². The molecule has 1 aliphatic heterocycles. The maximum absolute atomic E-state index is 12.3. The van der Waals surface area contributed by atoms with Crippen LogP contribution in [0.5, 0.6) is 0 Å². The van der Waals surface area contributed by atoms with Gasteiger partial charge >= 0.3 is 0 Å². The molecule has 1 heterocycles. The van der Waals surface area contributed by atoms with E-state index in [4.69, 9.17) is 10.5 Å². The van der Waals surface area contributed by atoms with Gasteiger partial charge in [-0.25, -0.2) is 0 Å². The molecule has 0 aromatic heterocycles. The molecule has 3 rings (SSSR count). The highest BCUT2D eigenvalue weighted by molar-refractivity contribution is 5.94. The summed E-state index contributed by atoms with van der Waals surface area (Å²) in [6.45, 7) is 1.40. The summed E-state index contributed by atoms with van der Waals surface area (Å²) < 4.78 is 5.33. The van der Waals surface area contributed by atoms with Crippen LogP contribution in [0.2, 0.25) is 0 Å². The van der Waals surface area contributed by atoms with E-state index in [9.17, 15) is 4.79 Å². The molecule has 146 valence electrons. The molecule has 4 nitrogen and oxygen atoms in total. The molecular weight excluding hydrogens is 360 g/mol. The lowest BCUT2D eigenvalue weighted by atomic mass is 9.92. The number of halogens is 1. The molecule has 1 fully saturated rings. The van der Waals surface area contributed by atoms with Gasteiger partial charge in [0.2, 0.25) is 5.91 Å². The van der Waals surface area contributed by atoms with Gasteiger partial charge in [-0.15, -0.1) is 12.4 Å². The topological polar surface area (TPSA) is 64.4 Å². The van der Waals surface area contributed by atoms with Crippen LogP contribution in [-0.4, -0.2) is 25.2 Å². The fourth-order valence-electron chi connectivity index (χ4n) is 3.41. The number of anilines is 1. The van der Waals surface area contributed by atoms with Crippen LogP contribution in [0.25, 0.3) is 0 Å². The zero-order chi connectivity index (χ0) is 18.2. The van der Waals surface area contributed by atoms with Gasteiger partial charge < -0.3 is 15.8 Å². The first-order chi connectivity index (χ1) is 12.7. The minimum Gasteiger partial charge on any atom is -0.381 e. The summed E-state index contributed by atoms with van der Waals surface area (Å²) in [5.74, 6) is 0.106. The standard InChI is InChI=1S/C22H28N2O2.ClH/c23-21(19-13-15-26-16-14-19)22(25)24-20-11-9-18(10-12-20)8-4-7-17-5-2-1-3-6-17;/h1-3,5-6,9-12,19,21H,4,7-8,13-16,23H2,(H,24,25);1H. The Balaban J connectivity index is 0.00000261. The van der Waals surface area contributed by atoms with E-state index < -0.39 is 6.04 Å². The van der Waals surface area contributed by atoms with E-state index in [2.05, 4.69) is 41.7 Å². The van der Waals surface area contributed by atoms with E-state index >= 15 is 0 Å². The maximum Gasteiger partial charge on any atom is 0.241 e. The monoisotopic (exact) mass is 388 g/mol. The summed E-state index contributed by atoms with van der Waals surface area (Å²) in [5.41, 5.74) is 9.59. The van der Waals surface area contributed by atoms with Gasteiger partial charge in [0.15, 0.2) is 0 Å². The Kier molecular flexibility index (Phi) is 8.79. The third-order valence-corrected chi connectivity index (χ3v) is 5.07. The third kappa shape index (κ3) is 6.65. The van der Waals surface area contributed by atoms with Crippen molar-refractivity contribution in [1.29, 1.82) is 0 Å². The van der Waals surface area contributed by atoms with Crippen LogP contribution in [0.4, 0.5) is 5.69 Å². The Labute approximate surface area is 167 Å². The van der Waals surface area contributed by atoms with E-state index in [1.165, 1.54) is 11.1 Å². The predicted molar refractivity (Wildman–Crippen MR) is 112 cm³/mol. The molecule has 2 aromatic carbocycles. The van der Waals surface area contributed by atoms with E-state index in [0.29, 0.717) is 13.2 Å². The van der Waals surface area contributed by atoms with Crippen LogP contribution in [-0.2, 0) is 22.4 Å². The lowest BCUT2D eigenvalue weighted by molar-refractivity contribution is -0.119. The van der Waals surface area contributed by atoms with E-state index in [-0.39, 0.29) is 24.2 Å². The van der Waals surface area contributed by atoms with Gasteiger partial charge in [0.25, 0.3) is 0 Å². The third-order valence-electron chi connectivity index (χ3n) is 5.07. The van der Waals surface area contributed by atoms with Gasteiger partial charge in [0.05, 0.1) is 6.04 Å². The van der Waals surface area contributed by atoms with Crippen molar-refractivity contribution in [2.24, 2.45) is 11.7 Å². The van der Waals surface area contributed by atoms with Crippen LogP contribution in [0.3, 0.4) is 0 Å². The summed E-state index contributed by atoms with van der Waals surface area (Å²) in [6.07, 6.45) is 4.94. The number of aryl methyl sites for hydroxylation is 2. The molecular formula is C22H29ClN2O2. The highest BCUT2D eigenvalue weighted by Gasteiger charge is 2.26. The van der Waals surface area contributed by atoms with Crippen molar-refractivity contribution in [3.05, 3.63) is 65.7 Å². The smallest absolute Gasteiger partial charge is 0.241 e. The second-order valence-electron chi connectivity index (χ2n) is 7.00. The largest absolute Gasteiger partial charge is 0.381 e. The Bertz CT molecular complexity index is 685. The second kappa shape index (κ2) is 11.1. The van der Waals surface area contributed by atoms with Crippen LogP contribution in [0.1, 0.15) is 30.4 Å². The first kappa shape index (κ1) is 21.4. The Morgan fingerprint density at radius 3 is 2.22 bits per heavy atom. The zero-order valence-electron chi connectivity index (χ0n) is 15.6. The van der Waals surface area contributed by atoms with Gasteiger partial charge in [-0.1, -0.05) is 42.5 Å². The van der Waals surface area contributed by atoms with Crippen molar-refractivity contribution in [3.63, 3.8) is 0 Å². The molecule has 1 saturated heterocycles. The number of amides is 1. The second-order valence-corrected chi connectivity index (χ2v) is 7.00. The number of hydrogen-bond donors (Lipinski definition) is 2. The van der Waals surface area contributed by atoms with Crippen LogP contribution in [0.15, 0.2) is 54.6 Å². The molecule has 5 heteroatoms. The van der Waals surface area contributed by atoms with Crippen LogP contribution in [0, 0.1) is 5.92 Å². The number of rotatable bonds is 7. The highest BCUT2D eigenvalue weighted by Crippen LogP contribution is 2.19. The molecule has 0 aliphatic carbocycles. The Morgan fingerprint density at radius 1 is 1.00 bits per heavy atom. The Hall–Kier alpha value is -1.88. The lowest BCUT2D eigenvalue weighted by Gasteiger charge is -2.26.